The summed E-state index contributed by atoms with van der Waals surface area (Å²) in [5, 5.41) is 8.55. The zero-order valence-electron chi connectivity index (χ0n) is 7.26. The van der Waals surface area contributed by atoms with E-state index in [4.69, 9.17) is 9.84 Å². The second kappa shape index (κ2) is 3.63. The fourth-order valence-electron chi connectivity index (χ4n) is 1.35. The van der Waals surface area contributed by atoms with Crippen LogP contribution in [0.1, 0.15) is 12.8 Å². The molecule has 0 aromatic rings. The Hall–Kier alpha value is -0.620. The minimum atomic E-state index is -3.07. The van der Waals surface area contributed by atoms with Gasteiger partial charge < -0.3 is 9.84 Å². The summed E-state index contributed by atoms with van der Waals surface area (Å²) < 4.78 is 26.7. The van der Waals surface area contributed by atoms with Gasteiger partial charge in [-0.05, 0) is 12.8 Å². The normalized spacial score (nSPS) is 29.0. The molecule has 0 aromatic carbocycles. The van der Waals surface area contributed by atoms with Crippen LogP contribution in [0.5, 0.6) is 0 Å². The van der Waals surface area contributed by atoms with Gasteiger partial charge in [-0.3, -0.25) is 0 Å². The molecule has 0 aromatic heterocycles. The Labute approximate surface area is 76.6 Å². The number of hydrogen-bond donors (Lipinski definition) is 1. The molecular formula is C7H12O5S. The summed E-state index contributed by atoms with van der Waals surface area (Å²) in [6, 6.07) is 0. The second-order valence-electron chi connectivity index (χ2n) is 3.25. The summed E-state index contributed by atoms with van der Waals surface area (Å²) >= 11 is 0. The monoisotopic (exact) mass is 208 g/mol. The molecule has 0 amide bonds. The first kappa shape index (κ1) is 10.5. The number of aliphatic carboxylic acids is 1. The average Bonchev–Trinajstić information content (AvgIpc) is 2.31. The molecule has 1 heterocycles. The van der Waals surface area contributed by atoms with Gasteiger partial charge in [-0.15, -0.1) is 0 Å². The van der Waals surface area contributed by atoms with Crippen LogP contribution < -0.4 is 0 Å². The predicted octanol–water partition coefficient (Wildman–Crippen LogP) is -0.337. The fourth-order valence-corrected chi connectivity index (χ4v) is 2.27. The maximum Gasteiger partial charge on any atom is 0.332 e. The lowest BCUT2D eigenvalue weighted by Gasteiger charge is -2.08. The molecule has 2 atom stereocenters. The van der Waals surface area contributed by atoms with Crippen molar-refractivity contribution in [2.45, 2.75) is 25.0 Å². The van der Waals surface area contributed by atoms with Crippen LogP contribution >= 0.6 is 0 Å². The van der Waals surface area contributed by atoms with Gasteiger partial charge in [0, 0.05) is 6.26 Å². The summed E-state index contributed by atoms with van der Waals surface area (Å²) in [6.07, 6.45) is 0.743. The van der Waals surface area contributed by atoms with Crippen LogP contribution in [0.25, 0.3) is 0 Å². The van der Waals surface area contributed by atoms with E-state index in [-0.39, 0.29) is 5.75 Å². The van der Waals surface area contributed by atoms with Crippen molar-refractivity contribution in [3.05, 3.63) is 0 Å². The Morgan fingerprint density at radius 2 is 2.15 bits per heavy atom. The number of carboxylic acid groups (broad SMARTS) is 1. The molecule has 0 aliphatic carbocycles. The first-order chi connectivity index (χ1) is 5.88. The summed E-state index contributed by atoms with van der Waals surface area (Å²) in [7, 11) is -3.07. The van der Waals surface area contributed by atoms with E-state index >= 15 is 0 Å². The van der Waals surface area contributed by atoms with Gasteiger partial charge in [0.1, 0.15) is 9.84 Å². The largest absolute Gasteiger partial charge is 0.479 e. The highest BCUT2D eigenvalue weighted by molar-refractivity contribution is 7.90. The van der Waals surface area contributed by atoms with Crippen LogP contribution in [-0.4, -0.2) is 43.7 Å². The number of carbonyl (C=O) groups is 1. The van der Waals surface area contributed by atoms with Crippen LogP contribution in [0.2, 0.25) is 0 Å². The summed E-state index contributed by atoms with van der Waals surface area (Å²) in [5.74, 6) is -1.10. The molecule has 1 aliphatic heterocycles. The minimum absolute atomic E-state index is 0.0865. The standard InChI is InChI=1S/C7H12O5S/c1-13(10,11)4-5-2-3-6(12-5)7(8)9/h5-6H,2-4H2,1H3,(H,8,9)/t5-,6+/m1/s1. The van der Waals surface area contributed by atoms with E-state index in [9.17, 15) is 13.2 Å². The Kier molecular flexibility index (Phi) is 2.92. The van der Waals surface area contributed by atoms with Gasteiger partial charge in [-0.2, -0.15) is 0 Å². The first-order valence-corrected chi connectivity index (χ1v) is 6.00. The fraction of sp³-hybridized carbons (Fsp3) is 0.857. The average molecular weight is 208 g/mol. The molecule has 13 heavy (non-hydrogen) atoms. The van der Waals surface area contributed by atoms with E-state index in [1.807, 2.05) is 0 Å². The topological polar surface area (TPSA) is 80.7 Å². The van der Waals surface area contributed by atoms with Gasteiger partial charge in [0.15, 0.2) is 6.10 Å². The van der Waals surface area contributed by atoms with Crippen molar-refractivity contribution in [2.75, 3.05) is 12.0 Å². The molecule has 1 rings (SSSR count). The minimum Gasteiger partial charge on any atom is -0.479 e. The lowest BCUT2D eigenvalue weighted by Crippen LogP contribution is -2.24. The maximum absolute atomic E-state index is 10.8. The number of ether oxygens (including phenoxy) is 1. The maximum atomic E-state index is 10.8. The molecule has 0 bridgehead atoms. The molecule has 0 unspecified atom stereocenters. The van der Waals surface area contributed by atoms with E-state index in [1.165, 1.54) is 0 Å². The van der Waals surface area contributed by atoms with E-state index in [0.29, 0.717) is 12.8 Å². The summed E-state index contributed by atoms with van der Waals surface area (Å²) in [5.41, 5.74) is 0. The van der Waals surface area contributed by atoms with Crippen molar-refractivity contribution in [1.29, 1.82) is 0 Å². The zero-order chi connectivity index (χ0) is 10.1. The molecule has 1 N–H and O–H groups in total. The Balaban J connectivity index is 2.47. The smallest absolute Gasteiger partial charge is 0.332 e. The lowest BCUT2D eigenvalue weighted by molar-refractivity contribution is -0.148. The second-order valence-corrected chi connectivity index (χ2v) is 5.44. The zero-order valence-corrected chi connectivity index (χ0v) is 8.08. The van der Waals surface area contributed by atoms with E-state index in [0.717, 1.165) is 6.26 Å². The quantitative estimate of drug-likeness (QED) is 0.686. The Morgan fingerprint density at radius 3 is 2.54 bits per heavy atom. The van der Waals surface area contributed by atoms with Crippen molar-refractivity contribution in [2.24, 2.45) is 0 Å². The highest BCUT2D eigenvalue weighted by Gasteiger charge is 2.32. The lowest BCUT2D eigenvalue weighted by atomic mass is 10.2. The molecular weight excluding hydrogens is 196 g/mol. The molecule has 6 heteroatoms. The molecule has 1 fully saturated rings. The van der Waals surface area contributed by atoms with Crippen LogP contribution in [0.3, 0.4) is 0 Å². The van der Waals surface area contributed by atoms with Crippen LogP contribution in [0.4, 0.5) is 0 Å². The van der Waals surface area contributed by atoms with Crippen molar-refractivity contribution in [3.8, 4) is 0 Å². The molecule has 0 spiro atoms. The number of carboxylic acids is 1. The SMILES string of the molecule is CS(=O)(=O)C[C@H]1CC[C@@H](C(=O)O)O1. The Morgan fingerprint density at radius 1 is 1.54 bits per heavy atom. The van der Waals surface area contributed by atoms with Gasteiger partial charge in [0.25, 0.3) is 0 Å². The highest BCUT2D eigenvalue weighted by atomic mass is 32.2. The molecule has 76 valence electrons. The summed E-state index contributed by atoms with van der Waals surface area (Å²) in [4.78, 5) is 10.4. The van der Waals surface area contributed by atoms with Crippen molar-refractivity contribution in [1.82, 2.24) is 0 Å². The third-order valence-corrected chi connectivity index (χ3v) is 2.85. The van der Waals surface area contributed by atoms with Crippen LogP contribution in [0.15, 0.2) is 0 Å². The third kappa shape index (κ3) is 3.31. The van der Waals surface area contributed by atoms with Crippen molar-refractivity contribution in [3.63, 3.8) is 0 Å². The van der Waals surface area contributed by atoms with Crippen LogP contribution in [-0.2, 0) is 19.4 Å². The van der Waals surface area contributed by atoms with Gasteiger partial charge in [-0.25, -0.2) is 13.2 Å². The third-order valence-electron chi connectivity index (χ3n) is 1.87. The highest BCUT2D eigenvalue weighted by Crippen LogP contribution is 2.20. The molecule has 1 aliphatic rings. The van der Waals surface area contributed by atoms with E-state index in [2.05, 4.69) is 0 Å². The van der Waals surface area contributed by atoms with Crippen molar-refractivity contribution < 1.29 is 23.1 Å². The number of rotatable bonds is 3. The van der Waals surface area contributed by atoms with Gasteiger partial charge in [0.2, 0.25) is 0 Å². The number of sulfone groups is 1. The predicted molar refractivity (Wildman–Crippen MR) is 45.2 cm³/mol. The van der Waals surface area contributed by atoms with Gasteiger partial charge in [0.05, 0.1) is 11.9 Å². The van der Waals surface area contributed by atoms with E-state index < -0.39 is 28.0 Å². The molecule has 0 saturated carbocycles. The molecule has 0 radical (unpaired) electrons. The van der Waals surface area contributed by atoms with E-state index in [1.54, 1.807) is 0 Å². The van der Waals surface area contributed by atoms with Gasteiger partial charge >= 0.3 is 5.97 Å². The van der Waals surface area contributed by atoms with Crippen LogP contribution in [0, 0.1) is 0 Å². The van der Waals surface area contributed by atoms with Crippen molar-refractivity contribution >= 4 is 15.8 Å². The first-order valence-electron chi connectivity index (χ1n) is 3.94. The molecule has 5 nitrogen and oxygen atoms in total. The Bertz CT molecular complexity index is 294. The van der Waals surface area contributed by atoms with Gasteiger partial charge in [-0.1, -0.05) is 0 Å². The number of hydrogen-bond acceptors (Lipinski definition) is 4. The molecule has 1 saturated heterocycles. The summed E-state index contributed by atoms with van der Waals surface area (Å²) in [6.45, 7) is 0.